The number of hydrogen-bond acceptors (Lipinski definition) is 5. The largest absolute Gasteiger partial charge is 0.409 e. The SMILES string of the molecule is NC(=NO)c1nccnc1N1CCCCC1. The Balaban J connectivity index is 2.31. The van der Waals surface area contributed by atoms with E-state index in [1.54, 1.807) is 12.4 Å². The third-order valence-electron chi connectivity index (χ3n) is 2.68. The van der Waals surface area contributed by atoms with Gasteiger partial charge in [-0.25, -0.2) is 9.97 Å². The second-order valence-corrected chi connectivity index (χ2v) is 3.76. The first-order valence-electron chi connectivity index (χ1n) is 5.37. The second kappa shape index (κ2) is 4.78. The summed E-state index contributed by atoms with van der Waals surface area (Å²) in [6, 6.07) is 0. The summed E-state index contributed by atoms with van der Waals surface area (Å²) in [7, 11) is 0. The van der Waals surface area contributed by atoms with Gasteiger partial charge in [-0.15, -0.1) is 0 Å². The predicted octanol–water partition coefficient (Wildman–Crippen LogP) is 0.561. The summed E-state index contributed by atoms with van der Waals surface area (Å²) in [4.78, 5) is 10.5. The van der Waals surface area contributed by atoms with Crippen LogP contribution in [-0.4, -0.2) is 34.1 Å². The molecule has 16 heavy (non-hydrogen) atoms. The third-order valence-corrected chi connectivity index (χ3v) is 2.68. The molecule has 1 aliphatic rings. The maximum atomic E-state index is 8.69. The van der Waals surface area contributed by atoms with Crippen LogP contribution in [0, 0.1) is 0 Å². The molecule has 0 radical (unpaired) electrons. The van der Waals surface area contributed by atoms with Gasteiger partial charge in [0.25, 0.3) is 0 Å². The van der Waals surface area contributed by atoms with E-state index in [2.05, 4.69) is 20.0 Å². The number of anilines is 1. The third kappa shape index (κ3) is 2.05. The number of oxime groups is 1. The number of aromatic nitrogens is 2. The summed E-state index contributed by atoms with van der Waals surface area (Å²) in [6.45, 7) is 1.90. The van der Waals surface area contributed by atoms with Crippen LogP contribution in [0.5, 0.6) is 0 Å². The van der Waals surface area contributed by atoms with Gasteiger partial charge in [0.05, 0.1) is 0 Å². The van der Waals surface area contributed by atoms with Crippen LogP contribution in [0.4, 0.5) is 5.82 Å². The molecule has 2 rings (SSSR count). The molecule has 0 saturated carbocycles. The zero-order valence-electron chi connectivity index (χ0n) is 9.00. The van der Waals surface area contributed by atoms with Crippen molar-refractivity contribution in [3.8, 4) is 0 Å². The van der Waals surface area contributed by atoms with Crippen LogP contribution in [0.25, 0.3) is 0 Å². The first-order chi connectivity index (χ1) is 7.83. The molecule has 6 heteroatoms. The fourth-order valence-corrected chi connectivity index (χ4v) is 1.90. The summed E-state index contributed by atoms with van der Waals surface area (Å²) in [5.74, 6) is 0.714. The smallest absolute Gasteiger partial charge is 0.192 e. The average molecular weight is 221 g/mol. The van der Waals surface area contributed by atoms with Crippen molar-refractivity contribution in [3.05, 3.63) is 18.1 Å². The molecule has 0 spiro atoms. The number of amidine groups is 1. The summed E-state index contributed by atoms with van der Waals surface area (Å²) in [5, 5.41) is 11.7. The maximum absolute atomic E-state index is 8.69. The zero-order chi connectivity index (χ0) is 11.4. The lowest BCUT2D eigenvalue weighted by molar-refractivity contribution is 0.318. The van der Waals surface area contributed by atoms with Gasteiger partial charge in [-0.3, -0.25) is 0 Å². The monoisotopic (exact) mass is 221 g/mol. The molecule has 6 nitrogen and oxygen atoms in total. The molecule has 0 aromatic carbocycles. The van der Waals surface area contributed by atoms with Gasteiger partial charge in [-0.1, -0.05) is 5.16 Å². The van der Waals surface area contributed by atoms with E-state index in [4.69, 9.17) is 10.9 Å². The van der Waals surface area contributed by atoms with Crippen LogP contribution < -0.4 is 10.6 Å². The Morgan fingerprint density at radius 3 is 2.62 bits per heavy atom. The fraction of sp³-hybridized carbons (Fsp3) is 0.500. The van der Waals surface area contributed by atoms with Gasteiger partial charge in [0, 0.05) is 25.5 Å². The van der Waals surface area contributed by atoms with Crippen molar-refractivity contribution in [2.24, 2.45) is 10.9 Å². The van der Waals surface area contributed by atoms with Crippen molar-refractivity contribution in [2.75, 3.05) is 18.0 Å². The van der Waals surface area contributed by atoms with E-state index in [1.165, 1.54) is 6.42 Å². The van der Waals surface area contributed by atoms with Crippen molar-refractivity contribution in [3.63, 3.8) is 0 Å². The lowest BCUT2D eigenvalue weighted by Gasteiger charge is -2.28. The van der Waals surface area contributed by atoms with Crippen molar-refractivity contribution in [1.29, 1.82) is 0 Å². The Bertz CT molecular complexity index is 387. The van der Waals surface area contributed by atoms with E-state index in [0.717, 1.165) is 25.9 Å². The summed E-state index contributed by atoms with van der Waals surface area (Å²) in [6.07, 6.45) is 6.70. The molecule has 3 N–H and O–H groups in total. The highest BCUT2D eigenvalue weighted by Gasteiger charge is 2.18. The zero-order valence-corrected chi connectivity index (χ0v) is 9.00. The van der Waals surface area contributed by atoms with Gasteiger partial charge in [-0.05, 0) is 19.3 Å². The topological polar surface area (TPSA) is 87.6 Å². The number of piperidine rings is 1. The Hall–Kier alpha value is -1.85. The molecule has 0 bridgehead atoms. The minimum absolute atomic E-state index is 0.00803. The van der Waals surface area contributed by atoms with Gasteiger partial charge >= 0.3 is 0 Å². The standard InChI is InChI=1S/C10H15N5O/c11-9(14-16)8-10(13-5-4-12-8)15-6-2-1-3-7-15/h4-5,16H,1-3,6-7H2,(H2,11,14). The molecule has 0 unspecified atom stereocenters. The van der Waals surface area contributed by atoms with Gasteiger partial charge in [-0.2, -0.15) is 0 Å². The van der Waals surface area contributed by atoms with Crippen LogP contribution in [0.3, 0.4) is 0 Å². The highest BCUT2D eigenvalue weighted by Crippen LogP contribution is 2.19. The first-order valence-corrected chi connectivity index (χ1v) is 5.37. The minimum atomic E-state index is 0.00803. The minimum Gasteiger partial charge on any atom is -0.409 e. The first kappa shape index (κ1) is 10.7. The Kier molecular flexibility index (Phi) is 3.19. The van der Waals surface area contributed by atoms with Crippen LogP contribution in [-0.2, 0) is 0 Å². The lowest BCUT2D eigenvalue weighted by Crippen LogP contribution is -2.33. The molecule has 86 valence electrons. The second-order valence-electron chi connectivity index (χ2n) is 3.76. The summed E-state index contributed by atoms with van der Waals surface area (Å²) >= 11 is 0. The molecular weight excluding hydrogens is 206 g/mol. The summed E-state index contributed by atoms with van der Waals surface area (Å²) in [5.41, 5.74) is 6.02. The van der Waals surface area contributed by atoms with Crippen molar-refractivity contribution in [2.45, 2.75) is 19.3 Å². The molecule has 2 heterocycles. The highest BCUT2D eigenvalue weighted by atomic mass is 16.4. The highest BCUT2D eigenvalue weighted by molar-refractivity contribution is 5.99. The molecule has 0 atom stereocenters. The van der Waals surface area contributed by atoms with E-state index in [1.807, 2.05) is 0 Å². The molecule has 0 amide bonds. The van der Waals surface area contributed by atoms with Crippen molar-refractivity contribution < 1.29 is 5.21 Å². The maximum Gasteiger partial charge on any atom is 0.192 e. The molecule has 1 aromatic heterocycles. The van der Waals surface area contributed by atoms with Crippen LogP contribution in [0.15, 0.2) is 17.5 Å². The number of nitrogens with two attached hydrogens (primary N) is 1. The van der Waals surface area contributed by atoms with Crippen LogP contribution >= 0.6 is 0 Å². The number of hydrogen-bond donors (Lipinski definition) is 2. The lowest BCUT2D eigenvalue weighted by atomic mass is 10.1. The van der Waals surface area contributed by atoms with Crippen molar-refractivity contribution >= 4 is 11.7 Å². The number of nitrogens with zero attached hydrogens (tertiary/aromatic N) is 4. The fourth-order valence-electron chi connectivity index (χ4n) is 1.90. The molecule has 1 saturated heterocycles. The van der Waals surface area contributed by atoms with E-state index in [9.17, 15) is 0 Å². The van der Waals surface area contributed by atoms with E-state index in [-0.39, 0.29) is 5.84 Å². The Morgan fingerprint density at radius 1 is 1.25 bits per heavy atom. The van der Waals surface area contributed by atoms with Gasteiger partial charge in [0.15, 0.2) is 17.3 Å². The normalized spacial score (nSPS) is 17.5. The van der Waals surface area contributed by atoms with Crippen LogP contribution in [0.2, 0.25) is 0 Å². The quantitative estimate of drug-likeness (QED) is 0.330. The predicted molar refractivity (Wildman–Crippen MR) is 60.6 cm³/mol. The van der Waals surface area contributed by atoms with Gasteiger partial charge < -0.3 is 15.8 Å². The van der Waals surface area contributed by atoms with E-state index >= 15 is 0 Å². The molecule has 1 aliphatic heterocycles. The molecular formula is C10H15N5O. The number of rotatable bonds is 2. The van der Waals surface area contributed by atoms with E-state index < -0.39 is 0 Å². The van der Waals surface area contributed by atoms with Gasteiger partial charge in [0.1, 0.15) is 0 Å². The molecule has 0 aliphatic carbocycles. The Morgan fingerprint density at radius 2 is 1.94 bits per heavy atom. The van der Waals surface area contributed by atoms with Crippen LogP contribution in [0.1, 0.15) is 25.0 Å². The van der Waals surface area contributed by atoms with Gasteiger partial charge in [0.2, 0.25) is 0 Å². The summed E-state index contributed by atoms with van der Waals surface area (Å²) < 4.78 is 0. The molecule has 1 fully saturated rings. The molecule has 1 aromatic rings. The van der Waals surface area contributed by atoms with E-state index in [0.29, 0.717) is 11.5 Å². The average Bonchev–Trinajstić information content (AvgIpc) is 2.39. The van der Waals surface area contributed by atoms with Crippen molar-refractivity contribution in [1.82, 2.24) is 9.97 Å². The Labute approximate surface area is 93.8 Å².